The lowest BCUT2D eigenvalue weighted by atomic mass is 9.70. The zero-order chi connectivity index (χ0) is 27.5. The van der Waals surface area contributed by atoms with Gasteiger partial charge in [0.1, 0.15) is 34.9 Å². The molecule has 0 radical (unpaired) electrons. The summed E-state index contributed by atoms with van der Waals surface area (Å²) in [5, 5.41) is 2.46. The van der Waals surface area contributed by atoms with Crippen molar-refractivity contribution in [3.63, 3.8) is 0 Å². The number of benzene rings is 3. The Bertz CT molecular complexity index is 1710. The number of hydrogen-bond acceptors (Lipinski definition) is 1. The van der Waals surface area contributed by atoms with Gasteiger partial charge in [0.2, 0.25) is 0 Å². The molecule has 0 atom stereocenters. The predicted octanol–water partition coefficient (Wildman–Crippen LogP) is 9.27. The fourth-order valence-electron chi connectivity index (χ4n) is 7.09. The van der Waals surface area contributed by atoms with Crippen LogP contribution in [0.5, 0.6) is 0 Å². The highest BCUT2D eigenvalue weighted by molar-refractivity contribution is 6.08. The molecule has 200 valence electrons. The molecule has 5 aromatic rings. The van der Waals surface area contributed by atoms with E-state index in [2.05, 4.69) is 118 Å². The molecular formula is C36H41N2O+. The number of nitrogens with zero attached hydrogens (tertiary/aromatic N) is 2. The van der Waals surface area contributed by atoms with Crippen molar-refractivity contribution in [2.75, 3.05) is 0 Å². The van der Waals surface area contributed by atoms with Gasteiger partial charge in [0.05, 0.1) is 11.0 Å². The van der Waals surface area contributed by atoms with Gasteiger partial charge in [-0.25, -0.2) is 0 Å². The number of para-hydroxylation sites is 1. The third-order valence-corrected chi connectivity index (χ3v) is 8.86. The van der Waals surface area contributed by atoms with Crippen molar-refractivity contribution in [1.29, 1.82) is 0 Å². The zero-order valence-corrected chi connectivity index (χ0v) is 24.3. The van der Waals surface area contributed by atoms with Gasteiger partial charge in [0.15, 0.2) is 0 Å². The lowest BCUT2D eigenvalue weighted by Gasteiger charge is -2.37. The minimum absolute atomic E-state index is 0.0628. The maximum atomic E-state index is 6.48. The summed E-state index contributed by atoms with van der Waals surface area (Å²) in [5.41, 5.74) is 9.81. The molecule has 3 nitrogen and oxygen atoms in total. The molecule has 3 aromatic carbocycles. The van der Waals surface area contributed by atoms with Crippen LogP contribution in [-0.4, -0.2) is 4.57 Å². The molecular weight excluding hydrogens is 476 g/mol. The predicted molar refractivity (Wildman–Crippen MR) is 163 cm³/mol. The van der Waals surface area contributed by atoms with E-state index in [1.165, 1.54) is 50.2 Å². The van der Waals surface area contributed by atoms with Gasteiger partial charge in [0, 0.05) is 21.9 Å². The lowest BCUT2D eigenvalue weighted by molar-refractivity contribution is -0.583. The monoisotopic (exact) mass is 517 g/mol. The van der Waals surface area contributed by atoms with Crippen molar-refractivity contribution in [2.45, 2.75) is 72.6 Å². The molecule has 0 unspecified atom stereocenters. The minimum Gasteiger partial charge on any atom is -0.456 e. The summed E-state index contributed by atoms with van der Waals surface area (Å²) in [7, 11) is 0. The Balaban J connectivity index is 1.74. The van der Waals surface area contributed by atoms with Gasteiger partial charge in [0.25, 0.3) is 5.82 Å². The average molecular weight is 518 g/mol. The molecule has 0 N–H and O–H groups in total. The van der Waals surface area contributed by atoms with Crippen LogP contribution in [0.15, 0.2) is 78.0 Å². The number of allylic oxidation sites excluding steroid dienone is 1. The molecule has 2 aromatic heterocycles. The van der Waals surface area contributed by atoms with Crippen LogP contribution in [0.25, 0.3) is 44.7 Å². The van der Waals surface area contributed by atoms with Crippen LogP contribution in [0.2, 0.25) is 0 Å². The SMILES string of the molecule is C=C1n2cc[n+](-c3c(CC(C)C)cc4oc5ccccc5c4c3CC(C)C)c2-c2ccccc2C1(CC)CC. The van der Waals surface area contributed by atoms with E-state index in [0.717, 1.165) is 36.8 Å². The molecule has 0 saturated heterocycles. The Kier molecular flexibility index (Phi) is 6.29. The zero-order valence-electron chi connectivity index (χ0n) is 24.3. The molecule has 0 aliphatic carbocycles. The third-order valence-electron chi connectivity index (χ3n) is 8.86. The Labute approximate surface area is 232 Å². The van der Waals surface area contributed by atoms with Gasteiger partial charge >= 0.3 is 0 Å². The van der Waals surface area contributed by atoms with Crippen molar-refractivity contribution in [3.8, 4) is 17.1 Å². The molecule has 0 amide bonds. The van der Waals surface area contributed by atoms with Crippen LogP contribution >= 0.6 is 0 Å². The van der Waals surface area contributed by atoms with Crippen LogP contribution in [0.3, 0.4) is 0 Å². The van der Waals surface area contributed by atoms with Crippen molar-refractivity contribution < 1.29 is 8.98 Å². The number of aromatic nitrogens is 2. The average Bonchev–Trinajstić information content (AvgIpc) is 3.51. The second-order valence-corrected chi connectivity index (χ2v) is 12.2. The second-order valence-electron chi connectivity index (χ2n) is 12.2. The first-order chi connectivity index (χ1) is 18.8. The van der Waals surface area contributed by atoms with E-state index < -0.39 is 0 Å². The molecule has 39 heavy (non-hydrogen) atoms. The fourth-order valence-corrected chi connectivity index (χ4v) is 7.09. The van der Waals surface area contributed by atoms with Crippen LogP contribution in [0.1, 0.15) is 71.1 Å². The molecule has 0 spiro atoms. The summed E-state index contributed by atoms with van der Waals surface area (Å²) in [5.74, 6) is 2.23. The largest absolute Gasteiger partial charge is 0.456 e. The van der Waals surface area contributed by atoms with E-state index in [1.54, 1.807) is 0 Å². The van der Waals surface area contributed by atoms with Crippen LogP contribution in [0, 0.1) is 11.8 Å². The second kappa shape index (κ2) is 9.55. The molecule has 1 aliphatic heterocycles. The molecule has 0 bridgehead atoms. The molecule has 1 aliphatic rings. The van der Waals surface area contributed by atoms with E-state index in [1.807, 2.05) is 0 Å². The summed E-state index contributed by atoms with van der Waals surface area (Å²) in [6, 6.07) is 19.8. The van der Waals surface area contributed by atoms with E-state index in [4.69, 9.17) is 11.0 Å². The minimum atomic E-state index is -0.0628. The first kappa shape index (κ1) is 25.7. The van der Waals surface area contributed by atoms with Gasteiger partial charge in [-0.05, 0) is 61.3 Å². The Morgan fingerprint density at radius 1 is 0.897 bits per heavy atom. The first-order valence-electron chi connectivity index (χ1n) is 14.7. The van der Waals surface area contributed by atoms with Crippen LogP contribution in [-0.2, 0) is 18.3 Å². The maximum Gasteiger partial charge on any atom is 0.299 e. The van der Waals surface area contributed by atoms with Crippen molar-refractivity contribution >= 4 is 27.6 Å². The molecule has 0 fully saturated rings. The number of hydrogen-bond donors (Lipinski definition) is 0. The van der Waals surface area contributed by atoms with E-state index in [-0.39, 0.29) is 5.41 Å². The summed E-state index contributed by atoms with van der Waals surface area (Å²) >= 11 is 0. The Morgan fingerprint density at radius 3 is 2.31 bits per heavy atom. The highest BCUT2D eigenvalue weighted by Crippen LogP contribution is 2.49. The summed E-state index contributed by atoms with van der Waals surface area (Å²) in [4.78, 5) is 0. The highest BCUT2D eigenvalue weighted by atomic mass is 16.3. The standard InChI is InChI=1S/C36H41N2O/c1-8-36(9-2)25(7)37-18-19-38(35(37)27-14-10-12-16-30(27)36)34-26(20-23(3)4)22-32-33(29(34)21-24(5)6)28-15-11-13-17-31(28)39-32/h10-19,22-24H,7-9,20-21H2,1-6H3/q+1. The molecule has 3 heterocycles. The van der Waals surface area contributed by atoms with Gasteiger partial charge in [-0.3, -0.25) is 0 Å². The van der Waals surface area contributed by atoms with E-state index in [0.29, 0.717) is 11.8 Å². The molecule has 3 heteroatoms. The van der Waals surface area contributed by atoms with Crippen molar-refractivity contribution in [3.05, 3.63) is 90.3 Å². The normalized spacial score (nSPS) is 14.5. The molecule has 6 rings (SSSR count). The van der Waals surface area contributed by atoms with E-state index >= 15 is 0 Å². The number of fused-ring (bicyclic) bond motifs is 6. The first-order valence-corrected chi connectivity index (χ1v) is 14.7. The summed E-state index contributed by atoms with van der Waals surface area (Å²) in [6.45, 7) is 18.6. The number of imidazole rings is 1. The van der Waals surface area contributed by atoms with E-state index in [9.17, 15) is 0 Å². The van der Waals surface area contributed by atoms with Gasteiger partial charge < -0.3 is 4.42 Å². The van der Waals surface area contributed by atoms with Gasteiger partial charge in [-0.1, -0.05) is 84.5 Å². The van der Waals surface area contributed by atoms with Crippen LogP contribution < -0.4 is 4.57 Å². The maximum absolute atomic E-state index is 6.48. The summed E-state index contributed by atoms with van der Waals surface area (Å²) in [6.07, 6.45) is 8.54. The summed E-state index contributed by atoms with van der Waals surface area (Å²) < 4.78 is 11.3. The topological polar surface area (TPSA) is 21.9 Å². The number of furan rings is 1. The van der Waals surface area contributed by atoms with Crippen LogP contribution in [0.4, 0.5) is 0 Å². The highest BCUT2D eigenvalue weighted by Gasteiger charge is 2.45. The smallest absolute Gasteiger partial charge is 0.299 e. The quantitative estimate of drug-likeness (QED) is 0.197. The fraction of sp³-hybridized carbons (Fsp3) is 0.361. The lowest BCUT2D eigenvalue weighted by Crippen LogP contribution is -2.40. The van der Waals surface area contributed by atoms with Gasteiger partial charge in [-0.2, -0.15) is 9.13 Å². The Morgan fingerprint density at radius 2 is 1.59 bits per heavy atom. The third kappa shape index (κ3) is 3.81. The molecule has 0 saturated carbocycles. The van der Waals surface area contributed by atoms with Crippen molar-refractivity contribution in [1.82, 2.24) is 4.57 Å². The van der Waals surface area contributed by atoms with Crippen molar-refractivity contribution in [2.24, 2.45) is 11.8 Å². The Hall–Kier alpha value is -3.59. The number of rotatable bonds is 7. The van der Waals surface area contributed by atoms with Gasteiger partial charge in [-0.15, -0.1) is 0 Å².